The number of hydrogen-bond acceptors (Lipinski definition) is 3. The first-order chi connectivity index (χ1) is 24.7. The first-order valence-corrected chi connectivity index (χ1v) is 20.6. The molecule has 0 aliphatic heterocycles. The van der Waals surface area contributed by atoms with Gasteiger partial charge in [0, 0.05) is 0 Å². The van der Waals surface area contributed by atoms with Crippen molar-refractivity contribution in [1.82, 2.24) is 0 Å². The van der Waals surface area contributed by atoms with E-state index in [0.29, 0.717) is 29.6 Å². The van der Waals surface area contributed by atoms with Gasteiger partial charge in [-0.15, -0.1) is 0 Å². The Hall–Kier alpha value is -2.72. The topological polar surface area (TPSA) is 49.7 Å². The fraction of sp³-hybridized carbons (Fsp3) is 0.592. The van der Waals surface area contributed by atoms with Gasteiger partial charge in [-0.2, -0.15) is 0 Å². The molecule has 5 aliphatic carbocycles. The number of benzene rings is 3. The van der Waals surface area contributed by atoms with Gasteiger partial charge in [-0.3, -0.25) is 0 Å². The third-order valence-electron chi connectivity index (χ3n) is 17.3. The van der Waals surface area contributed by atoms with Crippen molar-refractivity contribution in [3.63, 3.8) is 0 Å². The van der Waals surface area contributed by atoms with Crippen LogP contribution in [-0.4, -0.2) is 29.0 Å². The van der Waals surface area contributed by atoms with E-state index in [0.717, 1.165) is 19.4 Å². The van der Waals surface area contributed by atoms with Crippen molar-refractivity contribution in [2.45, 2.75) is 117 Å². The van der Waals surface area contributed by atoms with Crippen molar-refractivity contribution >= 4 is 0 Å². The van der Waals surface area contributed by atoms with Gasteiger partial charge < -0.3 is 14.9 Å². The Kier molecular flexibility index (Phi) is 8.84. The molecule has 0 bridgehead atoms. The molecule has 2 N–H and O–H groups in total. The highest BCUT2D eigenvalue weighted by Gasteiger charge is 2.71. The Morgan fingerprint density at radius 1 is 0.692 bits per heavy atom. The highest BCUT2D eigenvalue weighted by atomic mass is 16.5. The van der Waals surface area contributed by atoms with E-state index in [9.17, 15) is 10.2 Å². The van der Waals surface area contributed by atoms with Crippen molar-refractivity contribution in [3.8, 4) is 0 Å². The van der Waals surface area contributed by atoms with Gasteiger partial charge in [0.2, 0.25) is 0 Å². The molecule has 52 heavy (non-hydrogen) atoms. The highest BCUT2D eigenvalue weighted by molar-refractivity contribution is 5.47. The summed E-state index contributed by atoms with van der Waals surface area (Å²) in [6.07, 6.45) is 9.00. The summed E-state index contributed by atoms with van der Waals surface area (Å²) in [5, 5.41) is 22.6. The predicted octanol–water partition coefficient (Wildman–Crippen LogP) is 11.0. The van der Waals surface area contributed by atoms with Gasteiger partial charge in [0.25, 0.3) is 0 Å². The van der Waals surface area contributed by atoms with Gasteiger partial charge in [0.1, 0.15) is 5.60 Å². The number of rotatable bonds is 7. The van der Waals surface area contributed by atoms with Gasteiger partial charge in [-0.25, -0.2) is 0 Å². The third kappa shape index (κ3) is 5.00. The molecule has 3 nitrogen and oxygen atoms in total. The van der Waals surface area contributed by atoms with Crippen molar-refractivity contribution in [2.24, 2.45) is 56.7 Å². The van der Waals surface area contributed by atoms with Crippen LogP contribution in [0, 0.1) is 56.7 Å². The lowest BCUT2D eigenvalue weighted by Gasteiger charge is -2.73. The summed E-state index contributed by atoms with van der Waals surface area (Å²) < 4.78 is 7.75. The van der Waals surface area contributed by atoms with Crippen molar-refractivity contribution in [2.75, 3.05) is 6.61 Å². The Labute approximate surface area is 314 Å². The molecular formula is C49H64O3. The number of hydrogen-bond donors (Lipinski definition) is 2. The first-order valence-electron chi connectivity index (χ1n) is 20.6. The molecule has 5 fully saturated rings. The Morgan fingerprint density at radius 2 is 1.25 bits per heavy atom. The molecule has 0 radical (unpaired) electrons. The Balaban J connectivity index is 1.19. The predicted molar refractivity (Wildman–Crippen MR) is 212 cm³/mol. The van der Waals surface area contributed by atoms with Crippen molar-refractivity contribution < 1.29 is 14.9 Å². The maximum atomic E-state index is 11.3. The molecule has 0 amide bonds. The van der Waals surface area contributed by atoms with Crippen LogP contribution >= 0.6 is 0 Å². The summed E-state index contributed by atoms with van der Waals surface area (Å²) in [4.78, 5) is 0. The summed E-state index contributed by atoms with van der Waals surface area (Å²) in [5.74, 6) is 2.59. The van der Waals surface area contributed by atoms with E-state index >= 15 is 0 Å². The quantitative estimate of drug-likeness (QED) is 0.191. The maximum Gasteiger partial charge on any atom is 0.143 e. The first kappa shape index (κ1) is 36.3. The lowest BCUT2D eigenvalue weighted by atomic mass is 9.32. The van der Waals surface area contributed by atoms with Crippen molar-refractivity contribution in [3.05, 3.63) is 120 Å². The van der Waals surface area contributed by atoms with Crippen LogP contribution in [0.4, 0.5) is 0 Å². The molecule has 0 aromatic heterocycles. The minimum atomic E-state index is -0.721. The van der Waals surface area contributed by atoms with E-state index in [2.05, 4.69) is 139 Å². The summed E-state index contributed by atoms with van der Waals surface area (Å²) in [7, 11) is 0. The van der Waals surface area contributed by atoms with Gasteiger partial charge >= 0.3 is 0 Å². The van der Waals surface area contributed by atoms with Crippen LogP contribution in [0.25, 0.3) is 0 Å². The number of allylic oxidation sites excluding steroid dienone is 1. The number of aliphatic hydroxyl groups excluding tert-OH is 2. The average molecular weight is 701 g/mol. The highest BCUT2D eigenvalue weighted by Crippen LogP contribution is 2.77. The van der Waals surface area contributed by atoms with Crippen LogP contribution < -0.4 is 0 Å². The SMILES string of the molecule is C=C(C)[C@@H]1CC[C@]2(COC(c3ccccc3)(c3ccccc3)c3ccccc3)CC[C@]3(C)[C@H](CC[C@@H]4[C@@]5(C)C[C@@H](O)[C@H](O)C(C)(C)[C@@H]5CC[C@]43C)[C@@H]12. The molecule has 0 heterocycles. The molecular weight excluding hydrogens is 637 g/mol. The summed E-state index contributed by atoms with van der Waals surface area (Å²) in [6.45, 7) is 20.0. The summed E-state index contributed by atoms with van der Waals surface area (Å²) in [5.41, 5.74) is 4.34. The molecule has 3 aromatic carbocycles. The van der Waals surface area contributed by atoms with Gasteiger partial charge in [0.15, 0.2) is 0 Å². The van der Waals surface area contributed by atoms with Crippen LogP contribution in [0.1, 0.15) is 116 Å². The van der Waals surface area contributed by atoms with Crippen LogP contribution in [0.5, 0.6) is 0 Å². The van der Waals surface area contributed by atoms with E-state index in [1.54, 1.807) is 0 Å². The van der Waals surface area contributed by atoms with E-state index < -0.39 is 17.8 Å². The third-order valence-corrected chi connectivity index (χ3v) is 17.3. The number of aliphatic hydroxyl groups is 2. The molecule has 5 aliphatic rings. The van der Waals surface area contributed by atoms with Gasteiger partial charge in [-0.1, -0.05) is 138 Å². The zero-order chi connectivity index (χ0) is 36.7. The minimum Gasteiger partial charge on any atom is -0.390 e. The normalized spacial score (nSPS) is 40.9. The van der Waals surface area contributed by atoms with Gasteiger partial charge in [-0.05, 0) is 138 Å². The molecule has 0 saturated heterocycles. The average Bonchev–Trinajstić information content (AvgIpc) is 3.53. The lowest BCUT2D eigenvalue weighted by Crippen LogP contribution is -2.68. The van der Waals surface area contributed by atoms with Crippen molar-refractivity contribution in [1.29, 1.82) is 0 Å². The number of fused-ring (bicyclic) bond motifs is 7. The molecule has 0 unspecified atom stereocenters. The smallest absolute Gasteiger partial charge is 0.143 e. The molecule has 278 valence electrons. The van der Waals surface area contributed by atoms with Crippen LogP contribution in [0.15, 0.2) is 103 Å². The zero-order valence-electron chi connectivity index (χ0n) is 32.8. The lowest BCUT2D eigenvalue weighted by molar-refractivity contribution is -0.266. The second kappa shape index (κ2) is 12.7. The fourth-order valence-corrected chi connectivity index (χ4v) is 14.7. The van der Waals surface area contributed by atoms with E-state index in [-0.39, 0.29) is 27.1 Å². The monoisotopic (exact) mass is 700 g/mol. The summed E-state index contributed by atoms with van der Waals surface area (Å²) >= 11 is 0. The second-order valence-corrected chi connectivity index (χ2v) is 19.7. The van der Waals surface area contributed by atoms with Crippen LogP contribution in [0.2, 0.25) is 0 Å². The van der Waals surface area contributed by atoms with E-state index in [1.165, 1.54) is 67.2 Å². The summed E-state index contributed by atoms with van der Waals surface area (Å²) in [6, 6.07) is 32.7. The minimum absolute atomic E-state index is 0.0187. The number of ether oxygens (including phenoxy) is 1. The molecule has 0 spiro atoms. The Morgan fingerprint density at radius 3 is 1.79 bits per heavy atom. The van der Waals surface area contributed by atoms with Gasteiger partial charge in [0.05, 0.1) is 18.8 Å². The van der Waals surface area contributed by atoms with E-state index in [4.69, 9.17) is 4.74 Å². The molecule has 8 rings (SSSR count). The maximum absolute atomic E-state index is 11.3. The molecule has 11 atom stereocenters. The second-order valence-electron chi connectivity index (χ2n) is 19.7. The molecule has 3 aromatic rings. The fourth-order valence-electron chi connectivity index (χ4n) is 14.7. The standard InChI is InChI=1S/C49H64O3/c1-33(2)37-25-28-48(32-52-49(34-17-11-8-12-18-34,35-19-13-9-14-20-35)36-21-15-10-16-22-36)30-29-46(6)38(42(37)48)23-24-41-45(5)31-39(50)43(51)44(3,4)40(45)26-27-47(41,46)7/h8-22,37-43,50-51H,1,23-32H2,2-7H3/t37-,38+,39+,40-,41+,42+,43-,45-,46+,47+,48+/m0/s1. The molecule has 3 heteroatoms. The zero-order valence-corrected chi connectivity index (χ0v) is 32.8. The van der Waals surface area contributed by atoms with Crippen LogP contribution in [0.3, 0.4) is 0 Å². The Bertz CT molecular complexity index is 1650. The molecule has 5 saturated carbocycles. The van der Waals surface area contributed by atoms with E-state index in [1.807, 2.05) is 0 Å². The van der Waals surface area contributed by atoms with Crippen LogP contribution in [-0.2, 0) is 10.3 Å². The largest absolute Gasteiger partial charge is 0.390 e.